The van der Waals surface area contributed by atoms with Crippen LogP contribution in [0.1, 0.15) is 0 Å². The second kappa shape index (κ2) is 5.67. The van der Waals surface area contributed by atoms with Gasteiger partial charge in [-0.2, -0.15) is 0 Å². The van der Waals surface area contributed by atoms with E-state index in [4.69, 9.17) is 0 Å². The van der Waals surface area contributed by atoms with Gasteiger partial charge in [-0.15, -0.1) is 0 Å². The highest BCUT2D eigenvalue weighted by Gasteiger charge is 2.25. The predicted molar refractivity (Wildman–Crippen MR) is 73.6 cm³/mol. The van der Waals surface area contributed by atoms with Crippen LogP contribution < -0.4 is 5.32 Å². The average Bonchev–Trinajstić information content (AvgIpc) is 2.78. The highest BCUT2D eigenvalue weighted by molar-refractivity contribution is 9.10. The number of carbonyl (C=O) groups excluding carboxylic acids is 1. The molecule has 0 saturated carbocycles. The molecule has 1 N–H and O–H groups in total. The molecule has 0 aliphatic heterocycles. The zero-order valence-corrected chi connectivity index (χ0v) is 12.7. The normalized spacial score (nSPS) is 11.3. The maximum Gasteiger partial charge on any atom is 0.267 e. The number of hydrogen-bond donors (Lipinski definition) is 1. The van der Waals surface area contributed by atoms with Crippen molar-refractivity contribution in [3.05, 3.63) is 28.7 Å². The number of aromatic nitrogens is 4. The number of amides is 1. The van der Waals surface area contributed by atoms with E-state index in [2.05, 4.69) is 36.8 Å². The fourth-order valence-electron chi connectivity index (χ4n) is 1.45. The molecule has 2 rings (SSSR count). The average molecular weight is 360 g/mol. The summed E-state index contributed by atoms with van der Waals surface area (Å²) in [5, 5.41) is 12.2. The van der Waals surface area contributed by atoms with Crippen molar-refractivity contribution in [2.75, 3.05) is 11.1 Å². The molecule has 0 saturated heterocycles. The van der Waals surface area contributed by atoms with Gasteiger partial charge < -0.3 is 5.32 Å². The number of nitrogens with one attached hydrogen (secondary N) is 1. The number of hydrogen-bond acceptors (Lipinski definition) is 6. The summed E-state index contributed by atoms with van der Waals surface area (Å²) in [4.78, 5) is 11.7. The topological polar surface area (TPSA) is 107 Å². The molecule has 0 spiro atoms. The van der Waals surface area contributed by atoms with Crippen molar-refractivity contribution in [1.82, 2.24) is 20.2 Å². The Morgan fingerprint density at radius 3 is 2.55 bits per heavy atom. The smallest absolute Gasteiger partial charge is 0.267 e. The molecule has 0 fully saturated rings. The first kappa shape index (κ1) is 14.6. The molecule has 0 unspecified atom stereocenters. The Labute approximate surface area is 123 Å². The molecule has 20 heavy (non-hydrogen) atoms. The van der Waals surface area contributed by atoms with E-state index in [0.717, 1.165) is 9.15 Å². The van der Waals surface area contributed by atoms with Gasteiger partial charge in [-0.25, -0.2) is 13.1 Å². The van der Waals surface area contributed by atoms with E-state index in [1.165, 1.54) is 7.05 Å². The molecule has 1 heterocycles. The molecule has 0 radical (unpaired) electrons. The number of tetrazole rings is 1. The van der Waals surface area contributed by atoms with E-state index < -0.39 is 21.5 Å². The molecule has 0 atom stereocenters. The fraction of sp³-hybridized carbons (Fsp3) is 0.200. The summed E-state index contributed by atoms with van der Waals surface area (Å²) in [6.07, 6.45) is 0. The maximum absolute atomic E-state index is 11.9. The van der Waals surface area contributed by atoms with E-state index in [0.29, 0.717) is 5.69 Å². The summed E-state index contributed by atoms with van der Waals surface area (Å²) in [6.45, 7) is 0. The van der Waals surface area contributed by atoms with Gasteiger partial charge in [0.2, 0.25) is 15.7 Å². The van der Waals surface area contributed by atoms with Crippen LogP contribution in [0, 0.1) is 0 Å². The lowest BCUT2D eigenvalue weighted by molar-refractivity contribution is -0.113. The number of carbonyl (C=O) groups is 1. The molecule has 0 aliphatic rings. The molecular weight excluding hydrogens is 350 g/mol. The van der Waals surface area contributed by atoms with Crippen LogP contribution in [-0.2, 0) is 21.7 Å². The quantitative estimate of drug-likeness (QED) is 0.845. The first-order valence-electron chi connectivity index (χ1n) is 5.39. The van der Waals surface area contributed by atoms with Crippen LogP contribution in [0.5, 0.6) is 0 Å². The third-order valence-corrected chi connectivity index (χ3v) is 4.38. The van der Waals surface area contributed by atoms with E-state index in [1.54, 1.807) is 24.3 Å². The van der Waals surface area contributed by atoms with E-state index in [9.17, 15) is 13.2 Å². The number of anilines is 1. The lowest BCUT2D eigenvalue weighted by atomic mass is 10.3. The summed E-state index contributed by atoms with van der Waals surface area (Å²) in [5.41, 5.74) is 0.504. The highest BCUT2D eigenvalue weighted by atomic mass is 79.9. The van der Waals surface area contributed by atoms with Crippen molar-refractivity contribution in [2.24, 2.45) is 7.05 Å². The van der Waals surface area contributed by atoms with Gasteiger partial charge in [-0.1, -0.05) is 21.0 Å². The van der Waals surface area contributed by atoms with Crippen molar-refractivity contribution in [2.45, 2.75) is 5.16 Å². The van der Waals surface area contributed by atoms with Crippen LogP contribution in [0.4, 0.5) is 5.69 Å². The third kappa shape index (κ3) is 3.39. The Morgan fingerprint density at radius 1 is 1.35 bits per heavy atom. The van der Waals surface area contributed by atoms with Gasteiger partial charge in [0.05, 0.1) is 0 Å². The number of benzene rings is 1. The first-order valence-corrected chi connectivity index (χ1v) is 7.83. The van der Waals surface area contributed by atoms with Crippen LogP contribution in [0.2, 0.25) is 0 Å². The summed E-state index contributed by atoms with van der Waals surface area (Å²) in [7, 11) is -2.48. The van der Waals surface area contributed by atoms with Crippen molar-refractivity contribution in [3.8, 4) is 0 Å². The Morgan fingerprint density at radius 2 is 2.00 bits per heavy atom. The fourth-order valence-corrected chi connectivity index (χ4v) is 2.86. The van der Waals surface area contributed by atoms with Gasteiger partial charge in [-0.05, 0) is 34.7 Å². The Balaban J connectivity index is 2.08. The Bertz CT molecular complexity index is 726. The van der Waals surface area contributed by atoms with Crippen LogP contribution in [0.3, 0.4) is 0 Å². The van der Waals surface area contributed by atoms with E-state index in [-0.39, 0.29) is 5.16 Å². The molecule has 1 aromatic heterocycles. The van der Waals surface area contributed by atoms with Gasteiger partial charge >= 0.3 is 0 Å². The Hall–Kier alpha value is -1.81. The highest BCUT2D eigenvalue weighted by Crippen LogP contribution is 2.14. The summed E-state index contributed by atoms with van der Waals surface area (Å²) < 4.78 is 25.7. The van der Waals surface area contributed by atoms with Gasteiger partial charge in [0.25, 0.3) is 5.16 Å². The molecule has 8 nitrogen and oxygen atoms in total. The lowest BCUT2D eigenvalue weighted by Crippen LogP contribution is -2.24. The predicted octanol–water partition coefficient (Wildman–Crippen LogP) is 0.385. The summed E-state index contributed by atoms with van der Waals surface area (Å²) >= 11 is 3.26. The van der Waals surface area contributed by atoms with Crippen molar-refractivity contribution in [3.63, 3.8) is 0 Å². The third-order valence-electron chi connectivity index (χ3n) is 2.31. The zero-order chi connectivity index (χ0) is 14.8. The molecule has 106 valence electrons. The summed E-state index contributed by atoms with van der Waals surface area (Å²) in [5.74, 6) is -1.38. The van der Waals surface area contributed by atoms with Crippen LogP contribution in [0.15, 0.2) is 33.9 Å². The van der Waals surface area contributed by atoms with Gasteiger partial charge in [0.1, 0.15) is 5.75 Å². The molecule has 10 heteroatoms. The zero-order valence-electron chi connectivity index (χ0n) is 10.3. The van der Waals surface area contributed by atoms with Crippen molar-refractivity contribution < 1.29 is 13.2 Å². The number of halogens is 1. The molecule has 1 amide bonds. The molecule has 0 aliphatic carbocycles. The van der Waals surface area contributed by atoms with Gasteiger partial charge in [0.15, 0.2) is 0 Å². The molecule has 1 aromatic carbocycles. The number of sulfone groups is 1. The summed E-state index contributed by atoms with van der Waals surface area (Å²) in [6, 6.07) is 6.77. The molecule has 0 bridgehead atoms. The minimum absolute atomic E-state index is 0.344. The van der Waals surface area contributed by atoms with E-state index in [1.807, 2.05) is 0 Å². The Kier molecular flexibility index (Phi) is 4.14. The number of rotatable bonds is 4. The van der Waals surface area contributed by atoms with Crippen molar-refractivity contribution in [1.29, 1.82) is 0 Å². The largest absolute Gasteiger partial charge is 0.325 e. The standard InChI is InChI=1S/C10H10BrN5O3S/c1-16-10(13-14-15-16)20(18,19)6-9(17)12-8-4-2-7(11)3-5-8/h2-5H,6H2,1H3,(H,12,17). The SMILES string of the molecule is Cn1nnnc1S(=O)(=O)CC(=O)Nc1ccc(Br)cc1. The molecule has 2 aromatic rings. The van der Waals surface area contributed by atoms with Crippen LogP contribution in [-0.4, -0.2) is 40.3 Å². The first-order chi connectivity index (χ1) is 9.38. The second-order valence-electron chi connectivity index (χ2n) is 3.90. The van der Waals surface area contributed by atoms with Crippen LogP contribution >= 0.6 is 15.9 Å². The van der Waals surface area contributed by atoms with E-state index >= 15 is 0 Å². The van der Waals surface area contributed by atoms with Crippen molar-refractivity contribution >= 4 is 37.4 Å². The number of nitrogens with zero attached hydrogens (tertiary/aromatic N) is 4. The van der Waals surface area contributed by atoms with Gasteiger partial charge in [0, 0.05) is 17.2 Å². The monoisotopic (exact) mass is 359 g/mol. The lowest BCUT2D eigenvalue weighted by Gasteiger charge is -2.05. The number of aryl methyl sites for hydroxylation is 1. The molecular formula is C10H10BrN5O3S. The second-order valence-corrected chi connectivity index (χ2v) is 6.70. The van der Waals surface area contributed by atoms with Gasteiger partial charge in [-0.3, -0.25) is 4.79 Å². The van der Waals surface area contributed by atoms with Crippen LogP contribution in [0.25, 0.3) is 0 Å². The minimum Gasteiger partial charge on any atom is -0.325 e. The minimum atomic E-state index is -3.87. The maximum atomic E-state index is 11.9.